The van der Waals surface area contributed by atoms with Crippen LogP contribution in [0.3, 0.4) is 0 Å². The van der Waals surface area contributed by atoms with Gasteiger partial charge in [0.25, 0.3) is 0 Å². The van der Waals surface area contributed by atoms with Gasteiger partial charge < -0.3 is 14.6 Å². The number of hydrogen-bond acceptors (Lipinski definition) is 3. The largest absolute Gasteiger partial charge is 0.478 e. The number of likely N-dealkylation sites (N-methyl/N-ethyl adjacent to an activating group) is 1. The maximum absolute atomic E-state index is 12.2. The van der Waals surface area contributed by atoms with Crippen LogP contribution in [0, 0.1) is 0 Å². The molecule has 0 fully saturated rings. The highest BCUT2D eigenvalue weighted by molar-refractivity contribution is 5.92. The van der Waals surface area contributed by atoms with Gasteiger partial charge in [0, 0.05) is 13.6 Å². The number of carboxylic acid groups (broad SMARTS) is 1. The Kier molecular flexibility index (Phi) is 3.74. The Morgan fingerprint density at radius 1 is 1.45 bits per heavy atom. The maximum atomic E-state index is 12.2. The lowest BCUT2D eigenvalue weighted by molar-refractivity contribution is -0.132. The second kappa shape index (κ2) is 5.32. The number of nitrogens with zero attached hydrogens (tertiary/aromatic N) is 3. The Bertz CT molecular complexity index is 663. The number of imidazole rings is 1. The van der Waals surface area contributed by atoms with Crippen molar-refractivity contribution in [3.8, 4) is 0 Å². The van der Waals surface area contributed by atoms with Gasteiger partial charge in [-0.15, -0.1) is 0 Å². The fourth-order valence-electron chi connectivity index (χ4n) is 2.07. The van der Waals surface area contributed by atoms with Crippen LogP contribution in [0.1, 0.15) is 30.2 Å². The molecule has 20 heavy (non-hydrogen) atoms. The molecule has 0 aliphatic carbocycles. The predicted octanol–water partition coefficient (Wildman–Crippen LogP) is 1.77. The third-order valence-corrected chi connectivity index (χ3v) is 3.45. The van der Waals surface area contributed by atoms with Crippen molar-refractivity contribution in [1.82, 2.24) is 14.5 Å². The molecule has 1 N–H and O–H groups in total. The van der Waals surface area contributed by atoms with E-state index < -0.39 is 5.97 Å². The normalized spacial score (nSPS) is 12.3. The van der Waals surface area contributed by atoms with E-state index in [1.807, 2.05) is 6.92 Å². The van der Waals surface area contributed by atoms with Crippen LogP contribution in [-0.2, 0) is 4.79 Å². The van der Waals surface area contributed by atoms with E-state index in [0.717, 1.165) is 5.52 Å². The molecule has 2 rings (SSSR count). The Labute approximate surface area is 116 Å². The van der Waals surface area contributed by atoms with Crippen molar-refractivity contribution >= 4 is 22.9 Å². The van der Waals surface area contributed by atoms with Crippen molar-refractivity contribution < 1.29 is 14.7 Å². The van der Waals surface area contributed by atoms with Gasteiger partial charge in [-0.1, -0.05) is 0 Å². The van der Waals surface area contributed by atoms with Gasteiger partial charge in [0.15, 0.2) is 0 Å². The van der Waals surface area contributed by atoms with E-state index in [1.54, 1.807) is 35.8 Å². The van der Waals surface area contributed by atoms with E-state index >= 15 is 0 Å². The van der Waals surface area contributed by atoms with Gasteiger partial charge in [0.1, 0.15) is 6.04 Å². The van der Waals surface area contributed by atoms with Crippen molar-refractivity contribution in [3.05, 3.63) is 30.1 Å². The number of carbonyl (C=O) groups excluding carboxylic acids is 1. The average Bonchev–Trinajstić information content (AvgIpc) is 2.87. The van der Waals surface area contributed by atoms with Crippen molar-refractivity contribution in [1.29, 1.82) is 0 Å². The van der Waals surface area contributed by atoms with Gasteiger partial charge in [-0.3, -0.25) is 4.79 Å². The van der Waals surface area contributed by atoms with Crippen LogP contribution in [0.5, 0.6) is 0 Å². The van der Waals surface area contributed by atoms with Crippen LogP contribution in [0.4, 0.5) is 0 Å². The SMILES string of the molecule is CCN(C)C(=O)C(C)n1cnc2cc(C(=O)O)ccc21. The Balaban J connectivity index is 2.41. The van der Waals surface area contributed by atoms with Crippen molar-refractivity contribution in [2.24, 2.45) is 0 Å². The zero-order chi connectivity index (χ0) is 14.9. The first-order valence-corrected chi connectivity index (χ1v) is 6.40. The smallest absolute Gasteiger partial charge is 0.335 e. The van der Waals surface area contributed by atoms with Crippen LogP contribution in [0.15, 0.2) is 24.5 Å². The number of carboxylic acids is 1. The molecule has 1 unspecified atom stereocenters. The standard InChI is InChI=1S/C14H17N3O3/c1-4-16(3)13(18)9(2)17-8-15-11-7-10(14(19)20)5-6-12(11)17/h5-9H,4H2,1-3H3,(H,19,20). The van der Waals surface area contributed by atoms with Crippen molar-refractivity contribution in [2.45, 2.75) is 19.9 Å². The van der Waals surface area contributed by atoms with Crippen molar-refractivity contribution in [2.75, 3.05) is 13.6 Å². The molecule has 6 nitrogen and oxygen atoms in total. The number of aromatic carboxylic acids is 1. The highest BCUT2D eigenvalue weighted by Gasteiger charge is 2.20. The van der Waals surface area contributed by atoms with E-state index in [4.69, 9.17) is 5.11 Å². The summed E-state index contributed by atoms with van der Waals surface area (Å²) in [5, 5.41) is 8.96. The third-order valence-electron chi connectivity index (χ3n) is 3.45. The number of amides is 1. The second-order valence-electron chi connectivity index (χ2n) is 4.69. The van der Waals surface area contributed by atoms with Gasteiger partial charge in [-0.05, 0) is 32.0 Å². The number of carbonyl (C=O) groups is 2. The topological polar surface area (TPSA) is 75.4 Å². The highest BCUT2D eigenvalue weighted by atomic mass is 16.4. The summed E-state index contributed by atoms with van der Waals surface area (Å²) >= 11 is 0. The van der Waals surface area contributed by atoms with E-state index in [-0.39, 0.29) is 17.5 Å². The van der Waals surface area contributed by atoms with E-state index in [0.29, 0.717) is 12.1 Å². The van der Waals surface area contributed by atoms with Gasteiger partial charge in [0.2, 0.25) is 5.91 Å². The molecular formula is C14H17N3O3. The van der Waals surface area contributed by atoms with Crippen LogP contribution in [-0.4, -0.2) is 45.0 Å². The summed E-state index contributed by atoms with van der Waals surface area (Å²) < 4.78 is 1.76. The first kappa shape index (κ1) is 14.0. The molecule has 1 atom stereocenters. The van der Waals surface area contributed by atoms with E-state index in [1.165, 1.54) is 12.1 Å². The molecule has 0 aliphatic heterocycles. The zero-order valence-corrected chi connectivity index (χ0v) is 11.7. The maximum Gasteiger partial charge on any atom is 0.335 e. The lowest BCUT2D eigenvalue weighted by Gasteiger charge is -2.21. The van der Waals surface area contributed by atoms with Gasteiger partial charge in [-0.2, -0.15) is 0 Å². The summed E-state index contributed by atoms with van der Waals surface area (Å²) in [5.41, 5.74) is 1.51. The first-order chi connectivity index (χ1) is 9.45. The number of hydrogen-bond donors (Lipinski definition) is 1. The summed E-state index contributed by atoms with van der Waals surface area (Å²) in [6.45, 7) is 4.36. The highest BCUT2D eigenvalue weighted by Crippen LogP contribution is 2.20. The number of aromatic nitrogens is 2. The third kappa shape index (κ3) is 2.36. The van der Waals surface area contributed by atoms with Crippen molar-refractivity contribution in [3.63, 3.8) is 0 Å². The summed E-state index contributed by atoms with van der Waals surface area (Å²) in [4.78, 5) is 28.9. The molecule has 0 aliphatic rings. The minimum Gasteiger partial charge on any atom is -0.478 e. The molecule has 1 aromatic heterocycles. The molecule has 2 aromatic rings. The molecule has 0 saturated heterocycles. The predicted molar refractivity (Wildman–Crippen MR) is 74.7 cm³/mol. The Hall–Kier alpha value is -2.37. The molecule has 0 saturated carbocycles. The summed E-state index contributed by atoms with van der Waals surface area (Å²) in [6.07, 6.45) is 1.57. The van der Waals surface area contributed by atoms with Gasteiger partial charge in [-0.25, -0.2) is 9.78 Å². The van der Waals surface area contributed by atoms with Crippen LogP contribution in [0.2, 0.25) is 0 Å². The van der Waals surface area contributed by atoms with Crippen LogP contribution < -0.4 is 0 Å². The molecule has 1 heterocycles. The van der Waals surface area contributed by atoms with Gasteiger partial charge >= 0.3 is 5.97 Å². The molecule has 6 heteroatoms. The van der Waals surface area contributed by atoms with E-state index in [9.17, 15) is 9.59 Å². The summed E-state index contributed by atoms with van der Waals surface area (Å²) in [6, 6.07) is 4.33. The zero-order valence-electron chi connectivity index (χ0n) is 11.7. The fraction of sp³-hybridized carbons (Fsp3) is 0.357. The lowest BCUT2D eigenvalue weighted by atomic mass is 10.2. The monoisotopic (exact) mass is 275 g/mol. The molecular weight excluding hydrogens is 258 g/mol. The quantitative estimate of drug-likeness (QED) is 0.922. The summed E-state index contributed by atoms with van der Waals surface area (Å²) in [7, 11) is 1.75. The summed E-state index contributed by atoms with van der Waals surface area (Å²) in [5.74, 6) is -0.995. The van der Waals surface area contributed by atoms with E-state index in [2.05, 4.69) is 4.98 Å². The number of fused-ring (bicyclic) bond motifs is 1. The molecule has 106 valence electrons. The van der Waals surface area contributed by atoms with Crippen LogP contribution >= 0.6 is 0 Å². The van der Waals surface area contributed by atoms with Gasteiger partial charge in [0.05, 0.1) is 22.9 Å². The molecule has 1 amide bonds. The second-order valence-corrected chi connectivity index (χ2v) is 4.69. The molecule has 0 radical (unpaired) electrons. The minimum atomic E-state index is -0.990. The number of rotatable bonds is 4. The average molecular weight is 275 g/mol. The fourth-order valence-corrected chi connectivity index (χ4v) is 2.07. The minimum absolute atomic E-state index is 0.00545. The Morgan fingerprint density at radius 3 is 2.75 bits per heavy atom. The van der Waals surface area contributed by atoms with Crippen LogP contribution in [0.25, 0.3) is 11.0 Å². The molecule has 0 spiro atoms. The molecule has 1 aromatic carbocycles. The first-order valence-electron chi connectivity index (χ1n) is 6.40. The Morgan fingerprint density at radius 2 is 2.15 bits per heavy atom. The number of benzene rings is 1. The lowest BCUT2D eigenvalue weighted by Crippen LogP contribution is -2.32. The molecule has 0 bridgehead atoms.